The molecule has 7 nitrogen and oxygen atoms in total. The summed E-state index contributed by atoms with van der Waals surface area (Å²) in [6, 6.07) is 26.2. The number of hydrogen-bond donors (Lipinski definition) is 2. The van der Waals surface area contributed by atoms with Gasteiger partial charge in [0.15, 0.2) is 0 Å². The molecule has 7 heteroatoms. The van der Waals surface area contributed by atoms with E-state index in [2.05, 4.69) is 10.3 Å². The highest BCUT2D eigenvalue weighted by atomic mass is 16.2. The van der Waals surface area contributed by atoms with Gasteiger partial charge in [0.2, 0.25) is 0 Å². The normalized spacial score (nSPS) is 10.9. The van der Waals surface area contributed by atoms with Crippen LogP contribution in [0.3, 0.4) is 0 Å². The number of rotatable bonds is 6. The number of benzene rings is 3. The number of carbonyl (C=O) groups excluding carboxylic acids is 2. The predicted octanol–water partition coefficient (Wildman–Crippen LogP) is 5.40. The summed E-state index contributed by atoms with van der Waals surface area (Å²) in [7, 11) is 1.77. The molecule has 36 heavy (non-hydrogen) atoms. The number of aryl methyl sites for hydroxylation is 1. The van der Waals surface area contributed by atoms with E-state index in [9.17, 15) is 9.59 Å². The van der Waals surface area contributed by atoms with Crippen molar-refractivity contribution >= 4 is 50.7 Å². The third-order valence-electron chi connectivity index (χ3n) is 6.26. The van der Waals surface area contributed by atoms with Gasteiger partial charge < -0.3 is 14.8 Å². The molecule has 3 aromatic carbocycles. The molecule has 0 aliphatic rings. The standard InChI is InChI=1S/C29H25N5O2/c1-3-34(21-12-5-4-6-13-21)29(36)26(30)25-22-14-8-10-16-24(22)33(2)27(25)28(35)32-20-17-19-11-7-9-15-23(19)31-18-20/h4-18,30H,3H2,1-2H3,(H,32,35). The van der Waals surface area contributed by atoms with Crippen LogP contribution < -0.4 is 10.2 Å². The van der Waals surface area contributed by atoms with Gasteiger partial charge in [-0.1, -0.05) is 54.6 Å². The van der Waals surface area contributed by atoms with E-state index in [0.717, 1.165) is 16.4 Å². The Morgan fingerprint density at radius 2 is 1.67 bits per heavy atom. The number of nitrogens with zero attached hydrogens (tertiary/aromatic N) is 3. The summed E-state index contributed by atoms with van der Waals surface area (Å²) in [6.45, 7) is 2.25. The first-order valence-corrected chi connectivity index (χ1v) is 11.7. The van der Waals surface area contributed by atoms with Crippen molar-refractivity contribution in [2.24, 2.45) is 7.05 Å². The third-order valence-corrected chi connectivity index (χ3v) is 6.26. The van der Waals surface area contributed by atoms with Gasteiger partial charge in [-0.25, -0.2) is 0 Å². The van der Waals surface area contributed by atoms with E-state index >= 15 is 0 Å². The summed E-state index contributed by atoms with van der Waals surface area (Å²) in [5.74, 6) is -0.887. The van der Waals surface area contributed by atoms with Crippen molar-refractivity contribution in [3.63, 3.8) is 0 Å². The molecule has 0 bridgehead atoms. The lowest BCUT2D eigenvalue weighted by molar-refractivity contribution is -0.112. The third kappa shape index (κ3) is 4.01. The average Bonchev–Trinajstić information content (AvgIpc) is 3.21. The number of pyridine rings is 1. The molecule has 0 atom stereocenters. The number of aromatic nitrogens is 2. The highest BCUT2D eigenvalue weighted by Crippen LogP contribution is 2.28. The number of anilines is 2. The fourth-order valence-corrected chi connectivity index (χ4v) is 4.54. The van der Waals surface area contributed by atoms with Gasteiger partial charge in [0, 0.05) is 41.1 Å². The molecule has 5 aromatic rings. The van der Waals surface area contributed by atoms with Gasteiger partial charge in [-0.15, -0.1) is 0 Å². The van der Waals surface area contributed by atoms with Gasteiger partial charge >= 0.3 is 0 Å². The Bertz CT molecular complexity index is 1620. The molecular formula is C29H25N5O2. The molecule has 0 radical (unpaired) electrons. The van der Waals surface area contributed by atoms with Crippen molar-refractivity contribution in [1.29, 1.82) is 5.41 Å². The van der Waals surface area contributed by atoms with E-state index in [4.69, 9.17) is 5.41 Å². The van der Waals surface area contributed by atoms with Gasteiger partial charge in [0.05, 0.1) is 17.4 Å². The maximum atomic E-state index is 13.6. The molecule has 0 saturated heterocycles. The minimum absolute atomic E-state index is 0.237. The molecule has 2 N–H and O–H groups in total. The number of nitrogens with one attached hydrogen (secondary N) is 2. The summed E-state index contributed by atoms with van der Waals surface area (Å²) < 4.78 is 1.73. The fraction of sp³-hybridized carbons (Fsp3) is 0.103. The second kappa shape index (κ2) is 9.46. The van der Waals surface area contributed by atoms with Crippen LogP contribution in [0.2, 0.25) is 0 Å². The summed E-state index contributed by atoms with van der Waals surface area (Å²) >= 11 is 0. The zero-order chi connectivity index (χ0) is 25.2. The smallest absolute Gasteiger partial charge is 0.276 e. The SMILES string of the molecule is CCN(C(=O)C(=N)c1c(C(=O)Nc2cnc3ccccc3c2)n(C)c2ccccc12)c1ccccc1. The highest BCUT2D eigenvalue weighted by Gasteiger charge is 2.29. The zero-order valence-corrected chi connectivity index (χ0v) is 20.0. The lowest BCUT2D eigenvalue weighted by atomic mass is 10.0. The van der Waals surface area contributed by atoms with Crippen molar-refractivity contribution < 1.29 is 9.59 Å². The molecule has 0 fully saturated rings. The van der Waals surface area contributed by atoms with Crippen molar-refractivity contribution in [2.45, 2.75) is 6.92 Å². The van der Waals surface area contributed by atoms with Crippen LogP contribution in [0.25, 0.3) is 21.8 Å². The second-order valence-electron chi connectivity index (χ2n) is 8.43. The quantitative estimate of drug-likeness (QED) is 0.322. The predicted molar refractivity (Wildman–Crippen MR) is 144 cm³/mol. The van der Waals surface area contributed by atoms with Gasteiger partial charge in [-0.05, 0) is 37.3 Å². The lowest BCUT2D eigenvalue weighted by Gasteiger charge is -2.21. The number of hydrogen-bond acceptors (Lipinski definition) is 4. The molecule has 2 heterocycles. The van der Waals surface area contributed by atoms with Crippen LogP contribution >= 0.6 is 0 Å². The van der Waals surface area contributed by atoms with E-state index < -0.39 is 11.8 Å². The van der Waals surface area contributed by atoms with E-state index in [1.807, 2.05) is 91.9 Å². The molecular weight excluding hydrogens is 450 g/mol. The van der Waals surface area contributed by atoms with Crippen molar-refractivity contribution in [1.82, 2.24) is 9.55 Å². The Hall–Kier alpha value is -4.78. The van der Waals surface area contributed by atoms with Crippen LogP contribution in [0, 0.1) is 5.41 Å². The summed E-state index contributed by atoms with van der Waals surface area (Å²) in [5.41, 5.74) is 3.13. The molecule has 0 aliphatic heterocycles. The monoisotopic (exact) mass is 475 g/mol. The number of para-hydroxylation sites is 3. The molecule has 178 valence electrons. The Balaban J connectivity index is 1.57. The van der Waals surface area contributed by atoms with Crippen LogP contribution in [0.1, 0.15) is 23.0 Å². The van der Waals surface area contributed by atoms with Gasteiger partial charge in [0.1, 0.15) is 11.4 Å². The fourth-order valence-electron chi connectivity index (χ4n) is 4.54. The number of likely N-dealkylation sites (N-methyl/N-ethyl adjacent to an activating group) is 1. The summed E-state index contributed by atoms with van der Waals surface area (Å²) in [6.07, 6.45) is 1.60. The molecule has 0 spiro atoms. The largest absolute Gasteiger partial charge is 0.339 e. The van der Waals surface area contributed by atoms with Gasteiger partial charge in [0.25, 0.3) is 11.8 Å². The van der Waals surface area contributed by atoms with E-state index in [0.29, 0.717) is 28.9 Å². The molecule has 5 rings (SSSR count). The number of fused-ring (bicyclic) bond motifs is 2. The minimum Gasteiger partial charge on any atom is -0.339 e. The first kappa shape index (κ1) is 23.0. The zero-order valence-electron chi connectivity index (χ0n) is 20.0. The Kier molecular flexibility index (Phi) is 6.04. The van der Waals surface area contributed by atoms with Crippen LogP contribution in [0.5, 0.6) is 0 Å². The summed E-state index contributed by atoms with van der Waals surface area (Å²) in [5, 5.41) is 13.4. The highest BCUT2D eigenvalue weighted by molar-refractivity contribution is 6.51. The molecule has 2 amide bonds. The average molecular weight is 476 g/mol. The topological polar surface area (TPSA) is 91.1 Å². The van der Waals surface area contributed by atoms with E-state index in [1.54, 1.807) is 22.7 Å². The summed E-state index contributed by atoms with van der Waals surface area (Å²) in [4.78, 5) is 33.1. The van der Waals surface area contributed by atoms with E-state index in [1.165, 1.54) is 0 Å². The number of carbonyl (C=O) groups is 2. The lowest BCUT2D eigenvalue weighted by Crippen LogP contribution is -2.37. The van der Waals surface area contributed by atoms with Crippen LogP contribution in [-0.2, 0) is 11.8 Å². The molecule has 0 aliphatic carbocycles. The maximum absolute atomic E-state index is 13.6. The van der Waals surface area contributed by atoms with Crippen LogP contribution in [0.4, 0.5) is 11.4 Å². The Morgan fingerprint density at radius 1 is 0.972 bits per heavy atom. The van der Waals surface area contributed by atoms with Gasteiger partial charge in [-0.3, -0.25) is 20.0 Å². The molecule has 2 aromatic heterocycles. The van der Waals surface area contributed by atoms with Gasteiger partial charge in [-0.2, -0.15) is 0 Å². The van der Waals surface area contributed by atoms with Crippen LogP contribution in [0.15, 0.2) is 91.1 Å². The van der Waals surface area contributed by atoms with Crippen molar-refractivity contribution in [2.75, 3.05) is 16.8 Å². The molecule has 0 unspecified atom stereocenters. The molecule has 0 saturated carbocycles. The Labute approximate surface area is 208 Å². The van der Waals surface area contributed by atoms with Crippen molar-refractivity contribution in [3.8, 4) is 0 Å². The number of amides is 2. The second-order valence-corrected chi connectivity index (χ2v) is 8.43. The first-order chi connectivity index (χ1) is 17.5. The Morgan fingerprint density at radius 3 is 2.44 bits per heavy atom. The first-order valence-electron chi connectivity index (χ1n) is 11.7. The minimum atomic E-state index is -0.471. The van der Waals surface area contributed by atoms with Crippen molar-refractivity contribution in [3.05, 3.63) is 102 Å². The maximum Gasteiger partial charge on any atom is 0.276 e. The van der Waals surface area contributed by atoms with Crippen LogP contribution in [-0.4, -0.2) is 33.6 Å². The van der Waals surface area contributed by atoms with E-state index in [-0.39, 0.29) is 11.4 Å².